The van der Waals surface area contributed by atoms with Crippen molar-refractivity contribution < 1.29 is 17.0 Å². The van der Waals surface area contributed by atoms with Crippen molar-refractivity contribution in [1.29, 1.82) is 0 Å². The Morgan fingerprint density at radius 1 is 0.609 bits per heavy atom. The van der Waals surface area contributed by atoms with Crippen LogP contribution >= 0.6 is 0 Å². The standard InChI is InChI=1S/C25H34N2.C23H30B3N2.4C2H6.2CH3B.CH2.V/c1-2-23-24-11-7-6-10-22(24)12-13-25(23)26-16-19-27-17-14-21(15-18-27)20-8-4-3-5-9-20;1-2-20(21-10-6-7-11-22(21)26-25)23(24)27-14-17-28-15-12-19(13-16-28)18-8-4-3-5-9-18;6*1-2;;/h3-11,21,23,25-26H,2,12-19H2,1H3;3-11,19-20,23,27H,2,12-17H2,1H3;4*1-2H3;2*1H3;1H2;. The number of nitrogens with one attached hydrogen (secondary N) is 2. The van der Waals surface area contributed by atoms with Gasteiger partial charge in [0, 0.05) is 40.0 Å². The van der Waals surface area contributed by atoms with Crippen LogP contribution in [0.4, 0.5) is 0 Å². The van der Waals surface area contributed by atoms with E-state index >= 15 is 0 Å². The molecule has 372 valence electrons. The molecular weight excluding hydrogens is 870 g/mol. The average Bonchev–Trinajstić information content (AvgIpc) is 3.46. The van der Waals surface area contributed by atoms with Crippen molar-refractivity contribution in [3.63, 3.8) is 0 Å². The van der Waals surface area contributed by atoms with Crippen molar-refractivity contribution >= 4 is 49.1 Å². The summed E-state index contributed by atoms with van der Waals surface area (Å²) in [5, 5.41) is 10.7. The minimum absolute atomic E-state index is 0.0621. The Bertz CT molecular complexity index is 1690. The van der Waals surface area contributed by atoms with Crippen LogP contribution in [-0.4, -0.2) is 118 Å². The summed E-state index contributed by atoms with van der Waals surface area (Å²) in [4.78, 5) is 5.21. The molecular formula is C59H96B5N4V. The van der Waals surface area contributed by atoms with Gasteiger partial charge in [-0.25, -0.2) is 0 Å². The molecule has 2 heterocycles. The van der Waals surface area contributed by atoms with Crippen LogP contribution in [0.2, 0.25) is 13.6 Å². The number of fused-ring (bicyclic) bond motifs is 1. The summed E-state index contributed by atoms with van der Waals surface area (Å²) in [6.07, 6.45) is 9.83. The Labute approximate surface area is 443 Å². The second-order valence-electron chi connectivity index (χ2n) is 16.2. The van der Waals surface area contributed by atoms with Crippen LogP contribution < -0.4 is 16.1 Å². The van der Waals surface area contributed by atoms with Crippen LogP contribution in [0.1, 0.15) is 166 Å². The molecule has 0 saturated carbocycles. The van der Waals surface area contributed by atoms with Gasteiger partial charge in [-0.15, -0.1) is 0 Å². The Morgan fingerprint density at radius 3 is 1.51 bits per heavy atom. The topological polar surface area (TPSA) is 30.5 Å². The summed E-state index contributed by atoms with van der Waals surface area (Å²) in [6.45, 7) is 32.6. The first-order valence-electron chi connectivity index (χ1n) is 27.0. The second-order valence-corrected chi connectivity index (χ2v) is 16.2. The van der Waals surface area contributed by atoms with Gasteiger partial charge in [0.1, 0.15) is 0 Å². The van der Waals surface area contributed by atoms with Gasteiger partial charge in [-0.05, 0) is 129 Å². The third kappa shape index (κ3) is 25.1. The maximum absolute atomic E-state index is 6.51. The maximum atomic E-state index is 6.51. The molecule has 4 nitrogen and oxygen atoms in total. The van der Waals surface area contributed by atoms with E-state index in [1.165, 1.54) is 108 Å². The molecule has 4 aromatic rings. The van der Waals surface area contributed by atoms with Gasteiger partial charge in [-0.3, -0.25) is 0 Å². The van der Waals surface area contributed by atoms with Crippen LogP contribution in [0.25, 0.3) is 0 Å². The Kier molecular flexibility index (Phi) is 46.3. The first-order chi connectivity index (χ1) is 34.1. The Balaban J connectivity index is 0. The molecule has 3 aliphatic rings. The van der Waals surface area contributed by atoms with E-state index in [0.717, 1.165) is 37.4 Å². The zero-order chi connectivity index (χ0) is 52.2. The zero-order valence-corrected chi connectivity index (χ0v) is 47.5. The normalized spacial score (nSPS) is 17.1. The van der Waals surface area contributed by atoms with E-state index in [0.29, 0.717) is 17.9 Å². The fourth-order valence-electron chi connectivity index (χ4n) is 9.64. The molecule has 69 heavy (non-hydrogen) atoms. The number of hydrogen-bond donors (Lipinski definition) is 2. The molecule has 4 aromatic carbocycles. The summed E-state index contributed by atoms with van der Waals surface area (Å²) in [5.41, 5.74) is 8.49. The van der Waals surface area contributed by atoms with Gasteiger partial charge in [-0.2, -0.15) is 0 Å². The fraction of sp³-hybridized carbons (Fsp3) is 0.576. The molecule has 2 aliphatic heterocycles. The molecule has 0 aromatic heterocycles. The number of likely N-dealkylation sites (tertiary alicyclic amines) is 2. The monoisotopic (exact) mass is 967 g/mol. The number of benzene rings is 4. The molecule has 1 aliphatic carbocycles. The van der Waals surface area contributed by atoms with E-state index in [9.17, 15) is 0 Å². The number of rotatable bonds is 15. The third-order valence-corrected chi connectivity index (χ3v) is 12.9. The molecule has 4 unspecified atom stereocenters. The van der Waals surface area contributed by atoms with Gasteiger partial charge in [0.25, 0.3) is 0 Å². The van der Waals surface area contributed by atoms with E-state index in [2.05, 4.69) is 175 Å². The molecule has 2 N–H and O–H groups in total. The van der Waals surface area contributed by atoms with Crippen LogP contribution in [0.3, 0.4) is 0 Å². The molecule has 2 saturated heterocycles. The van der Waals surface area contributed by atoms with Crippen molar-refractivity contribution in [2.24, 2.45) is 0 Å². The molecule has 4 atom stereocenters. The van der Waals surface area contributed by atoms with E-state index < -0.39 is 0 Å². The van der Waals surface area contributed by atoms with Crippen LogP contribution in [0.5, 0.6) is 0 Å². The minimum atomic E-state index is -0.0621. The Hall–Kier alpha value is -2.50. The van der Waals surface area contributed by atoms with Crippen molar-refractivity contribution in [1.82, 2.24) is 20.4 Å². The van der Waals surface area contributed by atoms with Gasteiger partial charge < -0.3 is 20.4 Å². The van der Waals surface area contributed by atoms with E-state index in [4.69, 9.17) is 15.6 Å². The summed E-state index contributed by atoms with van der Waals surface area (Å²) >= 11 is 2.06. The number of aryl methyl sites for hydroxylation is 1. The zero-order valence-electron chi connectivity index (χ0n) is 46.1. The van der Waals surface area contributed by atoms with Crippen molar-refractivity contribution in [3.05, 3.63) is 137 Å². The van der Waals surface area contributed by atoms with Crippen LogP contribution in [-0.2, 0) is 23.4 Å². The number of nitrogens with zero attached hydrogens (tertiary/aromatic N) is 2. The van der Waals surface area contributed by atoms with Crippen molar-refractivity contribution in [2.75, 3.05) is 52.4 Å². The summed E-state index contributed by atoms with van der Waals surface area (Å²) in [7, 11) is 23.0. The fourth-order valence-corrected chi connectivity index (χ4v) is 9.64. The molecule has 7 rings (SSSR count). The average molecular weight is 966 g/mol. The van der Waals surface area contributed by atoms with E-state index in [1.807, 2.05) is 61.5 Å². The van der Waals surface area contributed by atoms with Gasteiger partial charge in [0.2, 0.25) is 0 Å². The summed E-state index contributed by atoms with van der Waals surface area (Å²) in [6, 6.07) is 40.0. The van der Waals surface area contributed by atoms with Gasteiger partial charge in [0.05, 0.1) is 30.7 Å². The first kappa shape index (κ1) is 68.6. The number of piperidine rings is 2. The van der Waals surface area contributed by atoms with Crippen LogP contribution in [0, 0.1) is 0 Å². The van der Waals surface area contributed by atoms with Gasteiger partial charge in [-0.1, -0.05) is 203 Å². The molecule has 9 radical (unpaired) electrons. The molecule has 2 fully saturated rings. The van der Waals surface area contributed by atoms with Gasteiger partial charge >= 0.3 is 22.2 Å². The molecule has 0 bridgehead atoms. The first-order valence-corrected chi connectivity index (χ1v) is 28.0. The predicted octanol–water partition coefficient (Wildman–Crippen LogP) is 12.0. The SMILES string of the molecule is CC.CC.CC.CC.CCC1c2ccccc2CCC1NCCN1CCC(c2ccccc2)CC1.[B]C.[B]C.[B][B]c1ccccc1C(CC)C([B])NCCN1CCC(c2ccccc2)CC1.[CH2]=[V]. The van der Waals surface area contributed by atoms with Crippen LogP contribution in [0.15, 0.2) is 109 Å². The summed E-state index contributed by atoms with van der Waals surface area (Å²) < 4.78 is 0. The van der Waals surface area contributed by atoms with Gasteiger partial charge in [0.15, 0.2) is 0 Å². The third-order valence-electron chi connectivity index (χ3n) is 12.9. The number of hydrogen-bond acceptors (Lipinski definition) is 4. The van der Waals surface area contributed by atoms with Crippen molar-refractivity contribution in [2.45, 2.75) is 170 Å². The predicted molar refractivity (Wildman–Crippen MR) is 313 cm³/mol. The molecule has 0 spiro atoms. The summed E-state index contributed by atoms with van der Waals surface area (Å²) in [5.74, 6) is 2.35. The Morgan fingerprint density at radius 2 is 1.04 bits per heavy atom. The van der Waals surface area contributed by atoms with E-state index in [-0.39, 0.29) is 11.9 Å². The molecule has 0 amide bonds. The van der Waals surface area contributed by atoms with Crippen molar-refractivity contribution in [3.8, 4) is 0 Å². The quantitative estimate of drug-likeness (QED) is 0.116. The molecule has 10 heteroatoms. The van der Waals surface area contributed by atoms with E-state index in [1.54, 1.807) is 18.3 Å². The second kappa shape index (κ2) is 46.6.